The molecule has 0 spiro atoms. The van der Waals surface area contributed by atoms with Crippen LogP contribution in [0.25, 0.3) is 0 Å². The van der Waals surface area contributed by atoms with Gasteiger partial charge < -0.3 is 5.32 Å². The van der Waals surface area contributed by atoms with Crippen molar-refractivity contribution in [3.05, 3.63) is 23.8 Å². The molecule has 1 N–H and O–H groups in total. The molecule has 3 nitrogen and oxygen atoms in total. The van der Waals surface area contributed by atoms with Crippen molar-refractivity contribution in [3.8, 4) is 0 Å². The summed E-state index contributed by atoms with van der Waals surface area (Å²) in [6.07, 6.45) is 11.8. The van der Waals surface area contributed by atoms with Crippen LogP contribution in [0, 0.1) is 12.8 Å². The average Bonchev–Trinajstić information content (AvgIpc) is 2.32. The van der Waals surface area contributed by atoms with E-state index in [1.807, 2.05) is 19.2 Å². The molecule has 18 heavy (non-hydrogen) atoms. The first-order chi connectivity index (χ1) is 8.84. The summed E-state index contributed by atoms with van der Waals surface area (Å²) in [6, 6.07) is 2.00. The van der Waals surface area contributed by atoms with Gasteiger partial charge in [0.2, 0.25) is 0 Å². The van der Waals surface area contributed by atoms with E-state index in [0.717, 1.165) is 30.5 Å². The van der Waals surface area contributed by atoms with Crippen molar-refractivity contribution in [1.82, 2.24) is 15.3 Å². The van der Waals surface area contributed by atoms with E-state index in [-0.39, 0.29) is 0 Å². The molecule has 1 aliphatic carbocycles. The Morgan fingerprint density at radius 1 is 1.17 bits per heavy atom. The van der Waals surface area contributed by atoms with Crippen LogP contribution in [0.15, 0.2) is 12.3 Å². The van der Waals surface area contributed by atoms with Gasteiger partial charge in [0.15, 0.2) is 0 Å². The number of aromatic nitrogens is 2. The standard InChI is InChI=1S/C15H25N3/c1-13-17-10-9-15(18-13)12-16-11-14-7-5-3-2-4-6-8-14/h9-10,14,16H,2-8,11-12H2,1H3. The first kappa shape index (κ1) is 13.5. The minimum atomic E-state index is 0.861. The maximum absolute atomic E-state index is 4.42. The van der Waals surface area contributed by atoms with Gasteiger partial charge in [-0.3, -0.25) is 0 Å². The van der Waals surface area contributed by atoms with Crippen molar-refractivity contribution >= 4 is 0 Å². The zero-order valence-corrected chi connectivity index (χ0v) is 11.5. The van der Waals surface area contributed by atoms with Gasteiger partial charge >= 0.3 is 0 Å². The third kappa shape index (κ3) is 4.73. The zero-order chi connectivity index (χ0) is 12.6. The summed E-state index contributed by atoms with van der Waals surface area (Å²) in [7, 11) is 0. The summed E-state index contributed by atoms with van der Waals surface area (Å²) in [5.74, 6) is 1.73. The fourth-order valence-corrected chi connectivity index (χ4v) is 2.75. The van der Waals surface area contributed by atoms with Crippen LogP contribution < -0.4 is 5.32 Å². The van der Waals surface area contributed by atoms with Gasteiger partial charge in [0, 0.05) is 12.7 Å². The van der Waals surface area contributed by atoms with Crippen LogP contribution in [0.1, 0.15) is 56.5 Å². The molecule has 0 saturated heterocycles. The molecule has 0 amide bonds. The molecule has 1 aromatic heterocycles. The second kappa shape index (κ2) is 7.47. The lowest BCUT2D eigenvalue weighted by Crippen LogP contribution is -2.23. The Kier molecular flexibility index (Phi) is 5.59. The molecule has 0 atom stereocenters. The van der Waals surface area contributed by atoms with Crippen LogP contribution in [0.4, 0.5) is 0 Å². The van der Waals surface area contributed by atoms with E-state index >= 15 is 0 Å². The smallest absolute Gasteiger partial charge is 0.125 e. The monoisotopic (exact) mass is 247 g/mol. The van der Waals surface area contributed by atoms with Gasteiger partial charge in [0.1, 0.15) is 5.82 Å². The van der Waals surface area contributed by atoms with E-state index in [4.69, 9.17) is 0 Å². The summed E-state index contributed by atoms with van der Waals surface area (Å²) in [6.45, 7) is 3.96. The van der Waals surface area contributed by atoms with E-state index in [0.29, 0.717) is 0 Å². The van der Waals surface area contributed by atoms with Gasteiger partial charge in [-0.05, 0) is 38.3 Å². The lowest BCUT2D eigenvalue weighted by atomic mass is 9.91. The number of aryl methyl sites for hydroxylation is 1. The Balaban J connectivity index is 1.70. The van der Waals surface area contributed by atoms with E-state index in [2.05, 4.69) is 15.3 Å². The molecule has 0 aromatic carbocycles. The molecule has 3 heteroatoms. The normalized spacial score (nSPS) is 18.3. The van der Waals surface area contributed by atoms with Gasteiger partial charge in [0.05, 0.1) is 5.69 Å². The van der Waals surface area contributed by atoms with Crippen molar-refractivity contribution in [2.75, 3.05) is 6.54 Å². The fourth-order valence-electron chi connectivity index (χ4n) is 2.75. The molecule has 0 radical (unpaired) electrons. The molecule has 2 rings (SSSR count). The maximum Gasteiger partial charge on any atom is 0.125 e. The molecular weight excluding hydrogens is 222 g/mol. The van der Waals surface area contributed by atoms with Crippen molar-refractivity contribution < 1.29 is 0 Å². The summed E-state index contributed by atoms with van der Waals surface area (Å²) in [5, 5.41) is 3.56. The van der Waals surface area contributed by atoms with Crippen LogP contribution in [-0.4, -0.2) is 16.5 Å². The maximum atomic E-state index is 4.42. The number of hydrogen-bond acceptors (Lipinski definition) is 3. The van der Waals surface area contributed by atoms with Gasteiger partial charge in [0.25, 0.3) is 0 Å². The third-order valence-corrected chi connectivity index (χ3v) is 3.80. The van der Waals surface area contributed by atoms with Crippen molar-refractivity contribution in [3.63, 3.8) is 0 Å². The van der Waals surface area contributed by atoms with Crippen LogP contribution in [0.5, 0.6) is 0 Å². The Morgan fingerprint density at radius 2 is 1.89 bits per heavy atom. The van der Waals surface area contributed by atoms with Gasteiger partial charge in [-0.2, -0.15) is 0 Å². The van der Waals surface area contributed by atoms with E-state index in [1.54, 1.807) is 0 Å². The minimum Gasteiger partial charge on any atom is -0.311 e. The molecule has 1 aromatic rings. The van der Waals surface area contributed by atoms with E-state index < -0.39 is 0 Å². The Hall–Kier alpha value is -0.960. The highest BCUT2D eigenvalue weighted by Crippen LogP contribution is 2.21. The number of rotatable bonds is 4. The number of nitrogens with one attached hydrogen (secondary N) is 1. The predicted molar refractivity (Wildman–Crippen MR) is 74.3 cm³/mol. The van der Waals surface area contributed by atoms with Crippen molar-refractivity contribution in [1.29, 1.82) is 0 Å². The SMILES string of the molecule is Cc1nccc(CNCC2CCCCCCC2)n1. The second-order valence-corrected chi connectivity index (χ2v) is 5.44. The number of nitrogens with zero attached hydrogens (tertiary/aromatic N) is 2. The van der Waals surface area contributed by atoms with E-state index in [9.17, 15) is 0 Å². The minimum absolute atomic E-state index is 0.861. The third-order valence-electron chi connectivity index (χ3n) is 3.80. The van der Waals surface area contributed by atoms with E-state index in [1.165, 1.54) is 44.9 Å². The van der Waals surface area contributed by atoms with Crippen LogP contribution in [0.2, 0.25) is 0 Å². The van der Waals surface area contributed by atoms with Crippen LogP contribution >= 0.6 is 0 Å². The summed E-state index contributed by atoms with van der Waals surface area (Å²) < 4.78 is 0. The Labute approximate surface area is 110 Å². The first-order valence-electron chi connectivity index (χ1n) is 7.34. The molecule has 1 heterocycles. The lowest BCUT2D eigenvalue weighted by Gasteiger charge is -2.19. The predicted octanol–water partition coefficient (Wildman–Crippen LogP) is 3.24. The highest BCUT2D eigenvalue weighted by Gasteiger charge is 2.10. The molecule has 100 valence electrons. The Bertz CT molecular complexity index is 343. The molecule has 1 saturated carbocycles. The molecule has 0 bridgehead atoms. The summed E-state index contributed by atoms with van der Waals surface area (Å²) >= 11 is 0. The zero-order valence-electron chi connectivity index (χ0n) is 11.5. The van der Waals surface area contributed by atoms with Crippen LogP contribution in [0.3, 0.4) is 0 Å². The quantitative estimate of drug-likeness (QED) is 0.887. The largest absolute Gasteiger partial charge is 0.311 e. The van der Waals surface area contributed by atoms with Crippen LogP contribution in [-0.2, 0) is 6.54 Å². The highest BCUT2D eigenvalue weighted by atomic mass is 14.9. The van der Waals surface area contributed by atoms with Crippen molar-refractivity contribution in [2.45, 2.75) is 58.4 Å². The summed E-state index contributed by atoms with van der Waals surface area (Å²) in [4.78, 5) is 8.54. The molecule has 1 aliphatic rings. The van der Waals surface area contributed by atoms with Gasteiger partial charge in [-0.25, -0.2) is 9.97 Å². The molecule has 0 unspecified atom stereocenters. The number of hydrogen-bond donors (Lipinski definition) is 1. The molecular formula is C15H25N3. The molecule has 1 fully saturated rings. The average molecular weight is 247 g/mol. The lowest BCUT2D eigenvalue weighted by molar-refractivity contribution is 0.360. The van der Waals surface area contributed by atoms with Gasteiger partial charge in [-0.1, -0.05) is 32.1 Å². The Morgan fingerprint density at radius 3 is 2.61 bits per heavy atom. The first-order valence-corrected chi connectivity index (χ1v) is 7.34. The topological polar surface area (TPSA) is 37.8 Å². The molecule has 0 aliphatic heterocycles. The van der Waals surface area contributed by atoms with Gasteiger partial charge in [-0.15, -0.1) is 0 Å². The second-order valence-electron chi connectivity index (χ2n) is 5.44. The fraction of sp³-hybridized carbons (Fsp3) is 0.733. The summed E-state index contributed by atoms with van der Waals surface area (Å²) in [5.41, 5.74) is 1.10. The van der Waals surface area contributed by atoms with Crippen molar-refractivity contribution in [2.24, 2.45) is 5.92 Å². The highest BCUT2D eigenvalue weighted by molar-refractivity contribution is 5.00.